The number of hydrogen-bond donors (Lipinski definition) is 1. The van der Waals surface area contributed by atoms with Gasteiger partial charge in [0.05, 0.1) is 5.69 Å². The van der Waals surface area contributed by atoms with Gasteiger partial charge in [-0.2, -0.15) is 0 Å². The van der Waals surface area contributed by atoms with E-state index in [4.69, 9.17) is 0 Å². The van der Waals surface area contributed by atoms with Gasteiger partial charge in [0.25, 0.3) is 0 Å². The lowest BCUT2D eigenvalue weighted by molar-refractivity contribution is 0.303. The van der Waals surface area contributed by atoms with Crippen molar-refractivity contribution < 1.29 is 0 Å². The predicted molar refractivity (Wildman–Crippen MR) is 90.6 cm³/mol. The molecule has 3 nitrogen and oxygen atoms in total. The molecule has 0 atom stereocenters. The Morgan fingerprint density at radius 1 is 1.00 bits per heavy atom. The Hall–Kier alpha value is -1.87. The van der Waals surface area contributed by atoms with Crippen LogP contribution in [0.15, 0.2) is 48.7 Å². The van der Waals surface area contributed by atoms with E-state index in [9.17, 15) is 0 Å². The number of aromatic nitrogens is 1. The molecule has 1 heterocycles. The van der Waals surface area contributed by atoms with Crippen molar-refractivity contribution in [3.63, 3.8) is 0 Å². The molecule has 0 bridgehead atoms. The van der Waals surface area contributed by atoms with Crippen LogP contribution < -0.4 is 5.32 Å². The largest absolute Gasteiger partial charge is 0.385 e. The Bertz CT molecular complexity index is 504. The molecule has 0 amide bonds. The Morgan fingerprint density at radius 2 is 1.76 bits per heavy atom. The van der Waals surface area contributed by atoms with E-state index < -0.39 is 0 Å². The predicted octanol–water partition coefficient (Wildman–Crippen LogP) is 3.89. The molecule has 0 fully saturated rings. The Labute approximate surface area is 128 Å². The highest BCUT2D eigenvalue weighted by molar-refractivity contribution is 5.62. The standard InChI is InChI=1S/C18H25N3/c1-3-21(4-2)15-7-14-19-17-11-9-16(10-12-17)18-8-5-6-13-20-18/h5-6,8-13,19H,3-4,7,14-15H2,1-2H3. The van der Waals surface area contributed by atoms with Gasteiger partial charge in [-0.3, -0.25) is 4.98 Å². The first-order valence-corrected chi connectivity index (χ1v) is 7.81. The van der Waals surface area contributed by atoms with Gasteiger partial charge >= 0.3 is 0 Å². The van der Waals surface area contributed by atoms with Gasteiger partial charge in [-0.1, -0.05) is 32.0 Å². The maximum Gasteiger partial charge on any atom is 0.0701 e. The number of benzene rings is 1. The zero-order valence-electron chi connectivity index (χ0n) is 13.0. The van der Waals surface area contributed by atoms with E-state index in [0.29, 0.717) is 0 Å². The Morgan fingerprint density at radius 3 is 2.38 bits per heavy atom. The normalized spacial score (nSPS) is 10.8. The van der Waals surface area contributed by atoms with Crippen LogP contribution in [0.1, 0.15) is 20.3 Å². The fraction of sp³-hybridized carbons (Fsp3) is 0.389. The van der Waals surface area contributed by atoms with Gasteiger partial charge in [-0.15, -0.1) is 0 Å². The number of rotatable bonds is 8. The van der Waals surface area contributed by atoms with Crippen molar-refractivity contribution in [3.05, 3.63) is 48.7 Å². The molecular formula is C18H25N3. The minimum atomic E-state index is 1.01. The Balaban J connectivity index is 1.80. The van der Waals surface area contributed by atoms with Crippen LogP contribution in [0.3, 0.4) is 0 Å². The zero-order valence-corrected chi connectivity index (χ0v) is 13.0. The van der Waals surface area contributed by atoms with Gasteiger partial charge < -0.3 is 10.2 Å². The number of hydrogen-bond acceptors (Lipinski definition) is 3. The highest BCUT2D eigenvalue weighted by atomic mass is 15.1. The molecule has 1 N–H and O–H groups in total. The van der Waals surface area contributed by atoms with Gasteiger partial charge in [0.15, 0.2) is 0 Å². The van der Waals surface area contributed by atoms with Gasteiger partial charge in [-0.05, 0) is 50.3 Å². The summed E-state index contributed by atoms with van der Waals surface area (Å²) in [5.41, 5.74) is 3.35. The van der Waals surface area contributed by atoms with Crippen molar-refractivity contribution in [3.8, 4) is 11.3 Å². The minimum Gasteiger partial charge on any atom is -0.385 e. The summed E-state index contributed by atoms with van der Waals surface area (Å²) in [6, 6.07) is 14.5. The summed E-state index contributed by atoms with van der Waals surface area (Å²) in [5, 5.41) is 3.48. The smallest absolute Gasteiger partial charge is 0.0701 e. The third-order valence-electron chi connectivity index (χ3n) is 3.72. The number of nitrogens with one attached hydrogen (secondary N) is 1. The minimum absolute atomic E-state index is 1.01. The Kier molecular flexibility index (Phi) is 6.22. The molecule has 1 aromatic heterocycles. The molecule has 21 heavy (non-hydrogen) atoms. The molecule has 2 aromatic rings. The second-order valence-corrected chi connectivity index (χ2v) is 5.10. The average molecular weight is 283 g/mol. The van der Waals surface area contributed by atoms with Gasteiger partial charge in [0.1, 0.15) is 0 Å². The lowest BCUT2D eigenvalue weighted by atomic mass is 10.1. The van der Waals surface area contributed by atoms with E-state index in [1.807, 2.05) is 24.4 Å². The maximum absolute atomic E-state index is 4.37. The van der Waals surface area contributed by atoms with Crippen LogP contribution in [0.4, 0.5) is 5.69 Å². The summed E-state index contributed by atoms with van der Waals surface area (Å²) >= 11 is 0. The van der Waals surface area contributed by atoms with Crippen LogP contribution in [-0.2, 0) is 0 Å². The quantitative estimate of drug-likeness (QED) is 0.745. The molecule has 0 radical (unpaired) electrons. The summed E-state index contributed by atoms with van der Waals surface area (Å²) < 4.78 is 0. The van der Waals surface area contributed by atoms with Gasteiger partial charge in [0.2, 0.25) is 0 Å². The summed E-state index contributed by atoms with van der Waals surface area (Å²) in [6.45, 7) is 8.87. The monoisotopic (exact) mass is 283 g/mol. The summed E-state index contributed by atoms with van der Waals surface area (Å²) in [6.07, 6.45) is 3.00. The SMILES string of the molecule is CCN(CC)CCCNc1ccc(-c2ccccn2)cc1. The highest BCUT2D eigenvalue weighted by Gasteiger charge is 2.00. The third-order valence-corrected chi connectivity index (χ3v) is 3.72. The summed E-state index contributed by atoms with van der Waals surface area (Å²) in [7, 11) is 0. The molecule has 3 heteroatoms. The molecule has 0 saturated carbocycles. The highest BCUT2D eigenvalue weighted by Crippen LogP contribution is 2.18. The van der Waals surface area contributed by atoms with Crippen LogP contribution >= 0.6 is 0 Å². The van der Waals surface area contributed by atoms with Crippen LogP contribution in [0, 0.1) is 0 Å². The van der Waals surface area contributed by atoms with Crippen LogP contribution in [0.2, 0.25) is 0 Å². The molecule has 0 aliphatic rings. The molecule has 0 aliphatic heterocycles. The maximum atomic E-state index is 4.37. The lowest BCUT2D eigenvalue weighted by Gasteiger charge is -2.17. The van der Waals surface area contributed by atoms with Crippen molar-refractivity contribution in [1.29, 1.82) is 0 Å². The lowest BCUT2D eigenvalue weighted by Crippen LogP contribution is -2.25. The number of pyridine rings is 1. The fourth-order valence-corrected chi connectivity index (χ4v) is 2.37. The van der Waals surface area contributed by atoms with Crippen molar-refractivity contribution in [2.45, 2.75) is 20.3 Å². The van der Waals surface area contributed by atoms with Crippen molar-refractivity contribution in [2.24, 2.45) is 0 Å². The molecule has 0 saturated heterocycles. The van der Waals surface area contributed by atoms with Gasteiger partial charge in [-0.25, -0.2) is 0 Å². The number of anilines is 1. The summed E-state index contributed by atoms with van der Waals surface area (Å²) in [5.74, 6) is 0. The van der Waals surface area contributed by atoms with Crippen LogP contribution in [0.5, 0.6) is 0 Å². The topological polar surface area (TPSA) is 28.2 Å². The number of nitrogens with zero attached hydrogens (tertiary/aromatic N) is 2. The van der Waals surface area contributed by atoms with Crippen molar-refractivity contribution in [2.75, 3.05) is 31.5 Å². The van der Waals surface area contributed by atoms with E-state index in [-0.39, 0.29) is 0 Å². The molecule has 0 unspecified atom stereocenters. The zero-order chi connectivity index (χ0) is 14.9. The molecule has 0 aliphatic carbocycles. The van der Waals surface area contributed by atoms with Crippen molar-refractivity contribution in [1.82, 2.24) is 9.88 Å². The molecule has 112 valence electrons. The first-order valence-electron chi connectivity index (χ1n) is 7.81. The van der Waals surface area contributed by atoms with Crippen LogP contribution in [0.25, 0.3) is 11.3 Å². The van der Waals surface area contributed by atoms with E-state index >= 15 is 0 Å². The molecular weight excluding hydrogens is 258 g/mol. The van der Waals surface area contributed by atoms with Gasteiger partial charge in [0, 0.05) is 24.0 Å². The first-order chi connectivity index (χ1) is 10.3. The van der Waals surface area contributed by atoms with E-state index in [0.717, 1.165) is 37.4 Å². The first kappa shape index (κ1) is 15.5. The second kappa shape index (κ2) is 8.42. The average Bonchev–Trinajstić information content (AvgIpc) is 2.56. The third kappa shape index (κ3) is 4.87. The molecule has 1 aromatic carbocycles. The summed E-state index contributed by atoms with van der Waals surface area (Å²) in [4.78, 5) is 6.82. The second-order valence-electron chi connectivity index (χ2n) is 5.10. The van der Waals surface area contributed by atoms with E-state index in [2.05, 4.69) is 53.3 Å². The van der Waals surface area contributed by atoms with E-state index in [1.54, 1.807) is 0 Å². The van der Waals surface area contributed by atoms with E-state index in [1.165, 1.54) is 12.1 Å². The fourth-order valence-electron chi connectivity index (χ4n) is 2.37. The van der Waals surface area contributed by atoms with Crippen molar-refractivity contribution >= 4 is 5.69 Å². The molecule has 0 spiro atoms. The molecule has 2 rings (SSSR count). The van der Waals surface area contributed by atoms with Crippen LogP contribution in [-0.4, -0.2) is 36.1 Å².